The largest absolute Gasteiger partial charge is 0.379 e. The summed E-state index contributed by atoms with van der Waals surface area (Å²) in [5.74, 6) is -0.648. The summed E-state index contributed by atoms with van der Waals surface area (Å²) in [6.45, 7) is 1.25. The first-order valence-corrected chi connectivity index (χ1v) is 5.84. The number of rotatable bonds is 3. The topological polar surface area (TPSA) is 72.6 Å². The van der Waals surface area contributed by atoms with Gasteiger partial charge in [0.15, 0.2) is 0 Å². The number of nitrogens with two attached hydrogens (primary N) is 1. The van der Waals surface area contributed by atoms with Gasteiger partial charge in [-0.2, -0.15) is 0 Å². The Morgan fingerprint density at radius 1 is 1.39 bits per heavy atom. The Bertz CT molecular complexity index is 467. The monoisotopic (exact) mass is 248 g/mol. The fourth-order valence-corrected chi connectivity index (χ4v) is 2.00. The van der Waals surface area contributed by atoms with E-state index in [9.17, 15) is 9.59 Å². The van der Waals surface area contributed by atoms with Crippen LogP contribution >= 0.6 is 0 Å². The molecule has 96 valence electrons. The summed E-state index contributed by atoms with van der Waals surface area (Å²) in [5, 5.41) is 0. The first-order chi connectivity index (χ1) is 8.59. The van der Waals surface area contributed by atoms with Crippen LogP contribution in [-0.4, -0.2) is 43.0 Å². The fourth-order valence-electron chi connectivity index (χ4n) is 2.00. The molecule has 1 aliphatic heterocycles. The third-order valence-corrected chi connectivity index (χ3v) is 3.17. The molecule has 0 aromatic heterocycles. The lowest BCUT2D eigenvalue weighted by atomic mass is 10.1. The van der Waals surface area contributed by atoms with Crippen molar-refractivity contribution in [1.82, 2.24) is 4.90 Å². The highest BCUT2D eigenvalue weighted by molar-refractivity contribution is 5.99. The molecule has 2 N–H and O–H groups in total. The number of amides is 2. The first kappa shape index (κ1) is 12.6. The number of hydrogen-bond acceptors (Lipinski definition) is 3. The van der Waals surface area contributed by atoms with E-state index in [1.165, 1.54) is 6.07 Å². The van der Waals surface area contributed by atoms with Crippen molar-refractivity contribution in [1.29, 1.82) is 0 Å². The smallest absolute Gasteiger partial charge is 0.253 e. The number of nitrogens with zero attached hydrogens (tertiary/aromatic N) is 1. The summed E-state index contributed by atoms with van der Waals surface area (Å²) in [4.78, 5) is 25.0. The van der Waals surface area contributed by atoms with Crippen molar-refractivity contribution < 1.29 is 14.3 Å². The number of ether oxygens (including phenoxy) is 1. The number of carbonyl (C=O) groups excluding carboxylic acids is 2. The Morgan fingerprint density at radius 2 is 2.11 bits per heavy atom. The van der Waals surface area contributed by atoms with Gasteiger partial charge in [-0.15, -0.1) is 0 Å². The lowest BCUT2D eigenvalue weighted by molar-refractivity contribution is 0.0711. The molecule has 2 rings (SSSR count). The van der Waals surface area contributed by atoms with E-state index < -0.39 is 5.91 Å². The molecule has 0 radical (unpaired) electrons. The van der Waals surface area contributed by atoms with Crippen molar-refractivity contribution in [2.45, 2.75) is 12.5 Å². The normalized spacial score (nSPS) is 18.6. The molecule has 1 unspecified atom stereocenters. The summed E-state index contributed by atoms with van der Waals surface area (Å²) in [6.07, 6.45) is 0.845. The van der Waals surface area contributed by atoms with E-state index in [0.717, 1.165) is 6.42 Å². The number of primary amides is 1. The van der Waals surface area contributed by atoms with Crippen LogP contribution in [0.4, 0.5) is 0 Å². The molecular weight excluding hydrogens is 232 g/mol. The number of carbonyl (C=O) groups is 2. The average Bonchev–Trinajstić information content (AvgIpc) is 2.91. The molecule has 1 heterocycles. The van der Waals surface area contributed by atoms with Crippen LogP contribution in [-0.2, 0) is 4.74 Å². The summed E-state index contributed by atoms with van der Waals surface area (Å²) in [7, 11) is 1.75. The summed E-state index contributed by atoms with van der Waals surface area (Å²) in [5.41, 5.74) is 6.01. The van der Waals surface area contributed by atoms with Gasteiger partial charge in [0.25, 0.3) is 5.91 Å². The highest BCUT2D eigenvalue weighted by Crippen LogP contribution is 2.15. The quantitative estimate of drug-likeness (QED) is 0.853. The van der Waals surface area contributed by atoms with E-state index in [2.05, 4.69) is 0 Å². The van der Waals surface area contributed by atoms with Gasteiger partial charge in [-0.05, 0) is 24.6 Å². The maximum Gasteiger partial charge on any atom is 0.253 e. The van der Waals surface area contributed by atoms with Crippen LogP contribution in [0.15, 0.2) is 24.3 Å². The predicted molar refractivity (Wildman–Crippen MR) is 66.3 cm³/mol. The van der Waals surface area contributed by atoms with E-state index >= 15 is 0 Å². The molecule has 1 fully saturated rings. The van der Waals surface area contributed by atoms with E-state index in [1.54, 1.807) is 30.1 Å². The van der Waals surface area contributed by atoms with Gasteiger partial charge in [0, 0.05) is 24.8 Å². The van der Waals surface area contributed by atoms with Crippen molar-refractivity contribution in [3.05, 3.63) is 35.4 Å². The van der Waals surface area contributed by atoms with Crippen molar-refractivity contribution in [3.63, 3.8) is 0 Å². The zero-order chi connectivity index (χ0) is 13.1. The average molecular weight is 248 g/mol. The minimum absolute atomic E-state index is 0.106. The summed E-state index contributed by atoms with van der Waals surface area (Å²) in [6, 6.07) is 6.57. The SMILES string of the molecule is CN(C(=O)c1cccc(C(N)=O)c1)C1CCOC1. The lowest BCUT2D eigenvalue weighted by Crippen LogP contribution is -2.37. The van der Waals surface area contributed by atoms with E-state index in [0.29, 0.717) is 24.3 Å². The van der Waals surface area contributed by atoms with Crippen LogP contribution in [0, 0.1) is 0 Å². The van der Waals surface area contributed by atoms with Gasteiger partial charge in [-0.3, -0.25) is 9.59 Å². The third kappa shape index (κ3) is 2.51. The van der Waals surface area contributed by atoms with Gasteiger partial charge in [0.1, 0.15) is 0 Å². The van der Waals surface area contributed by atoms with Crippen molar-refractivity contribution in [2.24, 2.45) is 5.73 Å². The Balaban J connectivity index is 2.17. The van der Waals surface area contributed by atoms with E-state index in [1.807, 2.05) is 0 Å². The minimum atomic E-state index is -0.531. The van der Waals surface area contributed by atoms with Crippen LogP contribution in [0.1, 0.15) is 27.1 Å². The molecular formula is C13H16N2O3. The van der Waals surface area contributed by atoms with Crippen molar-refractivity contribution in [2.75, 3.05) is 20.3 Å². The van der Waals surface area contributed by atoms with Crippen LogP contribution in [0.3, 0.4) is 0 Å². The standard InChI is InChI=1S/C13H16N2O3/c1-15(11-5-6-18-8-11)13(17)10-4-2-3-9(7-10)12(14)16/h2-4,7,11H,5-6,8H2,1H3,(H2,14,16). The zero-order valence-corrected chi connectivity index (χ0v) is 10.3. The highest BCUT2D eigenvalue weighted by Gasteiger charge is 2.25. The molecule has 1 aliphatic rings. The van der Waals surface area contributed by atoms with Gasteiger partial charge < -0.3 is 15.4 Å². The maximum absolute atomic E-state index is 12.2. The second-order valence-corrected chi connectivity index (χ2v) is 4.38. The zero-order valence-electron chi connectivity index (χ0n) is 10.3. The van der Waals surface area contributed by atoms with Gasteiger partial charge in [-0.1, -0.05) is 6.07 Å². The maximum atomic E-state index is 12.2. The molecule has 18 heavy (non-hydrogen) atoms. The van der Waals surface area contributed by atoms with Gasteiger partial charge in [-0.25, -0.2) is 0 Å². The van der Waals surface area contributed by atoms with Gasteiger partial charge >= 0.3 is 0 Å². The minimum Gasteiger partial charge on any atom is -0.379 e. The molecule has 0 aliphatic carbocycles. The first-order valence-electron chi connectivity index (χ1n) is 5.84. The highest BCUT2D eigenvalue weighted by atomic mass is 16.5. The molecule has 1 aromatic rings. The number of likely N-dealkylation sites (N-methyl/N-ethyl adjacent to an activating group) is 1. The van der Waals surface area contributed by atoms with Crippen LogP contribution in [0.5, 0.6) is 0 Å². The van der Waals surface area contributed by atoms with Crippen molar-refractivity contribution >= 4 is 11.8 Å². The third-order valence-electron chi connectivity index (χ3n) is 3.17. The Labute approximate surface area is 106 Å². The van der Waals surface area contributed by atoms with Gasteiger partial charge in [0.2, 0.25) is 5.91 Å². The predicted octanol–water partition coefficient (Wildman–Crippen LogP) is 0.646. The van der Waals surface area contributed by atoms with Crippen LogP contribution < -0.4 is 5.73 Å². The van der Waals surface area contributed by atoms with Crippen molar-refractivity contribution in [3.8, 4) is 0 Å². The molecule has 0 bridgehead atoms. The molecule has 1 atom stereocenters. The Hall–Kier alpha value is -1.88. The Morgan fingerprint density at radius 3 is 2.72 bits per heavy atom. The second-order valence-electron chi connectivity index (χ2n) is 4.38. The molecule has 1 saturated heterocycles. The Kier molecular flexibility index (Phi) is 3.62. The van der Waals surface area contributed by atoms with E-state index in [-0.39, 0.29) is 11.9 Å². The molecule has 5 heteroatoms. The molecule has 2 amide bonds. The molecule has 1 aromatic carbocycles. The number of hydrogen-bond donors (Lipinski definition) is 1. The fraction of sp³-hybridized carbons (Fsp3) is 0.385. The summed E-state index contributed by atoms with van der Waals surface area (Å²) >= 11 is 0. The van der Waals surface area contributed by atoms with Crippen LogP contribution in [0.2, 0.25) is 0 Å². The number of benzene rings is 1. The van der Waals surface area contributed by atoms with Crippen LogP contribution in [0.25, 0.3) is 0 Å². The second kappa shape index (κ2) is 5.18. The molecule has 5 nitrogen and oxygen atoms in total. The molecule has 0 spiro atoms. The summed E-state index contributed by atoms with van der Waals surface area (Å²) < 4.78 is 5.26. The van der Waals surface area contributed by atoms with Gasteiger partial charge in [0.05, 0.1) is 12.6 Å². The lowest BCUT2D eigenvalue weighted by Gasteiger charge is -2.23. The van der Waals surface area contributed by atoms with E-state index in [4.69, 9.17) is 10.5 Å². The molecule has 0 saturated carbocycles.